The number of rotatable bonds is 4. The maximum absolute atomic E-state index is 13.2. The Labute approximate surface area is 174 Å². The number of H-pyrrole nitrogens is 1. The number of hydrogen-bond acceptors (Lipinski definition) is 6. The minimum Gasteiger partial charge on any atom is -0.497 e. The predicted octanol–water partition coefficient (Wildman–Crippen LogP) is 2.77. The second kappa shape index (κ2) is 8.19. The lowest BCUT2D eigenvalue weighted by Gasteiger charge is -2.36. The van der Waals surface area contributed by atoms with Crippen molar-refractivity contribution >= 4 is 17.7 Å². The van der Waals surface area contributed by atoms with E-state index in [1.54, 1.807) is 31.4 Å². The molecule has 1 aromatic carbocycles. The molecule has 2 N–H and O–H groups in total. The van der Waals surface area contributed by atoms with Crippen LogP contribution in [0.5, 0.6) is 5.75 Å². The summed E-state index contributed by atoms with van der Waals surface area (Å²) in [6.07, 6.45) is 4.20. The third-order valence-corrected chi connectivity index (χ3v) is 6.10. The van der Waals surface area contributed by atoms with Crippen LogP contribution in [0.25, 0.3) is 0 Å². The molecule has 3 heterocycles. The van der Waals surface area contributed by atoms with Crippen molar-refractivity contribution in [3.05, 3.63) is 45.7 Å². The normalized spacial score (nSPS) is 23.3. The van der Waals surface area contributed by atoms with Crippen molar-refractivity contribution < 1.29 is 9.53 Å². The number of benzene rings is 1. The molecule has 0 saturated carbocycles. The van der Waals surface area contributed by atoms with E-state index < -0.39 is 17.7 Å². The molecule has 1 aromatic heterocycles. The van der Waals surface area contributed by atoms with Gasteiger partial charge in [0.25, 0.3) is 5.56 Å². The first kappa shape index (κ1) is 20.0. The summed E-state index contributed by atoms with van der Waals surface area (Å²) >= 11 is 0. The molecule has 0 aliphatic carbocycles. The third-order valence-electron chi connectivity index (χ3n) is 6.10. The van der Waals surface area contributed by atoms with Gasteiger partial charge in [-0.3, -0.25) is 14.6 Å². The van der Waals surface area contributed by atoms with Crippen LogP contribution < -0.4 is 20.5 Å². The Balaban J connectivity index is 1.81. The summed E-state index contributed by atoms with van der Waals surface area (Å²) in [7, 11) is 1.57. The fourth-order valence-corrected chi connectivity index (χ4v) is 4.51. The summed E-state index contributed by atoms with van der Waals surface area (Å²) in [4.78, 5) is 35.6. The van der Waals surface area contributed by atoms with Gasteiger partial charge in [-0.05, 0) is 43.4 Å². The zero-order valence-corrected chi connectivity index (χ0v) is 17.1. The van der Waals surface area contributed by atoms with Crippen LogP contribution in [0.3, 0.4) is 0 Å². The van der Waals surface area contributed by atoms with Crippen molar-refractivity contribution in [3.8, 4) is 11.8 Å². The predicted molar refractivity (Wildman–Crippen MR) is 113 cm³/mol. The Bertz CT molecular complexity index is 1040. The van der Waals surface area contributed by atoms with Gasteiger partial charge in [0.1, 0.15) is 17.5 Å². The van der Waals surface area contributed by atoms with Crippen molar-refractivity contribution in [1.29, 1.82) is 5.26 Å². The van der Waals surface area contributed by atoms with Gasteiger partial charge >= 0.3 is 0 Å². The molecule has 8 nitrogen and oxygen atoms in total. The highest BCUT2D eigenvalue weighted by atomic mass is 16.5. The van der Waals surface area contributed by atoms with Crippen molar-refractivity contribution in [2.24, 2.45) is 5.92 Å². The quantitative estimate of drug-likeness (QED) is 0.806. The topological polar surface area (TPSA) is 111 Å². The Morgan fingerprint density at radius 3 is 2.70 bits per heavy atom. The SMILES string of the molecule is CCC1CCCCN1c1nc2c(c(=O)[nH]1)C(c1ccc(OC)cc1)C(C#N)C(=O)N2. The van der Waals surface area contributed by atoms with E-state index in [-0.39, 0.29) is 11.4 Å². The van der Waals surface area contributed by atoms with E-state index in [1.165, 1.54) is 0 Å². The fraction of sp³-hybridized carbons (Fsp3) is 0.455. The van der Waals surface area contributed by atoms with Crippen LogP contribution in [0, 0.1) is 17.2 Å². The fourth-order valence-electron chi connectivity index (χ4n) is 4.51. The largest absolute Gasteiger partial charge is 0.497 e. The second-order valence-electron chi connectivity index (χ2n) is 7.75. The van der Waals surface area contributed by atoms with Crippen LogP contribution in [0.2, 0.25) is 0 Å². The molecular weight excluding hydrogens is 382 g/mol. The number of hydrogen-bond donors (Lipinski definition) is 2. The number of anilines is 2. The Morgan fingerprint density at radius 1 is 1.27 bits per heavy atom. The van der Waals surface area contributed by atoms with Crippen LogP contribution in [0.1, 0.15) is 49.7 Å². The average molecular weight is 407 g/mol. The van der Waals surface area contributed by atoms with Gasteiger partial charge in [0.2, 0.25) is 11.9 Å². The molecule has 4 rings (SSSR count). The number of nitrogens with one attached hydrogen (secondary N) is 2. The number of fused-ring (bicyclic) bond motifs is 1. The highest BCUT2D eigenvalue weighted by Crippen LogP contribution is 2.39. The smallest absolute Gasteiger partial charge is 0.258 e. The number of carbonyl (C=O) groups is 1. The molecule has 156 valence electrons. The van der Waals surface area contributed by atoms with Crippen LogP contribution in [0.4, 0.5) is 11.8 Å². The van der Waals surface area contributed by atoms with E-state index in [1.807, 2.05) is 0 Å². The molecule has 0 radical (unpaired) electrons. The Morgan fingerprint density at radius 2 is 2.03 bits per heavy atom. The zero-order chi connectivity index (χ0) is 21.3. The average Bonchev–Trinajstić information content (AvgIpc) is 2.78. The lowest BCUT2D eigenvalue weighted by Crippen LogP contribution is -2.43. The first-order valence-electron chi connectivity index (χ1n) is 10.3. The molecule has 3 atom stereocenters. The molecule has 1 amide bonds. The molecule has 8 heteroatoms. The minimum atomic E-state index is -1.02. The lowest BCUT2D eigenvalue weighted by atomic mass is 9.79. The molecule has 2 aliphatic rings. The number of piperidine rings is 1. The second-order valence-corrected chi connectivity index (χ2v) is 7.75. The lowest BCUT2D eigenvalue weighted by molar-refractivity contribution is -0.119. The van der Waals surface area contributed by atoms with Gasteiger partial charge in [0.15, 0.2) is 0 Å². The number of nitrogens with zero attached hydrogens (tertiary/aromatic N) is 3. The molecule has 0 bridgehead atoms. The number of aromatic amines is 1. The van der Waals surface area contributed by atoms with Crippen LogP contribution >= 0.6 is 0 Å². The van der Waals surface area contributed by atoms with E-state index >= 15 is 0 Å². The monoisotopic (exact) mass is 407 g/mol. The molecule has 2 aliphatic heterocycles. The zero-order valence-electron chi connectivity index (χ0n) is 17.1. The van der Waals surface area contributed by atoms with E-state index in [0.717, 1.165) is 32.2 Å². The highest BCUT2D eigenvalue weighted by molar-refractivity contribution is 5.98. The van der Waals surface area contributed by atoms with Gasteiger partial charge < -0.3 is 15.0 Å². The van der Waals surface area contributed by atoms with Gasteiger partial charge in [0.05, 0.1) is 18.7 Å². The molecule has 1 saturated heterocycles. The molecule has 2 aromatic rings. The van der Waals surface area contributed by atoms with Gasteiger partial charge in [-0.2, -0.15) is 10.2 Å². The first-order chi connectivity index (χ1) is 14.6. The van der Waals surface area contributed by atoms with Crippen molar-refractivity contribution in [2.45, 2.75) is 44.6 Å². The molecule has 1 fully saturated rings. The molecule has 3 unspecified atom stereocenters. The van der Waals surface area contributed by atoms with Crippen molar-refractivity contribution in [3.63, 3.8) is 0 Å². The summed E-state index contributed by atoms with van der Waals surface area (Å²) in [5.41, 5.74) is 0.694. The minimum absolute atomic E-state index is 0.242. The van der Waals surface area contributed by atoms with Gasteiger partial charge in [-0.25, -0.2) is 0 Å². The summed E-state index contributed by atoms with van der Waals surface area (Å²) in [6.45, 7) is 2.94. The highest BCUT2D eigenvalue weighted by Gasteiger charge is 2.40. The summed E-state index contributed by atoms with van der Waals surface area (Å²) in [5.74, 6) is -0.774. The van der Waals surface area contributed by atoms with Crippen LogP contribution in [-0.2, 0) is 4.79 Å². The number of ether oxygens (including phenoxy) is 1. The van der Waals surface area contributed by atoms with Crippen molar-refractivity contribution in [2.75, 3.05) is 23.9 Å². The first-order valence-corrected chi connectivity index (χ1v) is 10.3. The van der Waals surface area contributed by atoms with Gasteiger partial charge in [-0.15, -0.1) is 0 Å². The van der Waals surface area contributed by atoms with Crippen molar-refractivity contribution in [1.82, 2.24) is 9.97 Å². The van der Waals surface area contributed by atoms with E-state index in [0.29, 0.717) is 28.9 Å². The molecule has 30 heavy (non-hydrogen) atoms. The van der Waals surface area contributed by atoms with Gasteiger partial charge in [-0.1, -0.05) is 19.1 Å². The maximum Gasteiger partial charge on any atom is 0.258 e. The molecular formula is C22H25N5O3. The third kappa shape index (κ3) is 3.41. The van der Waals surface area contributed by atoms with Crippen LogP contribution in [0.15, 0.2) is 29.1 Å². The van der Waals surface area contributed by atoms with E-state index in [4.69, 9.17) is 4.74 Å². The summed E-state index contributed by atoms with van der Waals surface area (Å²) in [5, 5.41) is 12.4. The number of carbonyl (C=O) groups excluding carboxylic acids is 1. The number of aromatic nitrogens is 2. The summed E-state index contributed by atoms with van der Waals surface area (Å²) in [6, 6.07) is 9.44. The standard InChI is InChI=1S/C22H25N5O3/c1-3-14-6-4-5-11-27(14)22-25-19-18(21(29)26-22)17(16(12-23)20(28)24-19)13-7-9-15(30-2)10-8-13/h7-10,14,16-17H,3-6,11H2,1-2H3,(H2,24,25,26,28,29). The summed E-state index contributed by atoms with van der Waals surface area (Å²) < 4.78 is 5.20. The number of amides is 1. The number of nitriles is 1. The van der Waals surface area contributed by atoms with E-state index in [9.17, 15) is 14.9 Å². The maximum atomic E-state index is 13.2. The van der Waals surface area contributed by atoms with Crippen LogP contribution in [-0.4, -0.2) is 35.6 Å². The van der Waals surface area contributed by atoms with E-state index in [2.05, 4.69) is 33.2 Å². The van der Waals surface area contributed by atoms with Gasteiger partial charge in [0, 0.05) is 18.5 Å². The Kier molecular flexibility index (Phi) is 5.44. The Hall–Kier alpha value is -3.34. The number of methoxy groups -OCH3 is 1. The molecule has 0 spiro atoms.